The van der Waals surface area contributed by atoms with Gasteiger partial charge in [-0.25, -0.2) is 0 Å². The van der Waals surface area contributed by atoms with Crippen LogP contribution < -0.4 is 14.5 Å². The Morgan fingerprint density at radius 2 is 1.72 bits per heavy atom. The summed E-state index contributed by atoms with van der Waals surface area (Å²) < 4.78 is 95.4. The summed E-state index contributed by atoms with van der Waals surface area (Å²) in [5.74, 6) is -0.426. The van der Waals surface area contributed by atoms with Gasteiger partial charge in [-0.15, -0.1) is 0 Å². The summed E-state index contributed by atoms with van der Waals surface area (Å²) in [5.41, 5.74) is 2.34. The molecule has 0 saturated heterocycles. The summed E-state index contributed by atoms with van der Waals surface area (Å²) in [7, 11) is 0. The van der Waals surface area contributed by atoms with E-state index < -0.39 is 36.9 Å². The molecule has 10 heteroatoms. The third-order valence-corrected chi connectivity index (χ3v) is 5.65. The van der Waals surface area contributed by atoms with E-state index in [2.05, 4.69) is 17.9 Å². The average Bonchev–Trinajstić information content (AvgIpc) is 2.81. The Bertz CT molecular complexity index is 1100. The van der Waals surface area contributed by atoms with E-state index in [1.54, 1.807) is 47.4 Å². The second-order valence-electron chi connectivity index (χ2n) is 8.16. The number of anilines is 2. The molecule has 3 nitrogen and oxygen atoms in total. The first-order chi connectivity index (χ1) is 16.9. The molecule has 0 saturated carbocycles. The van der Waals surface area contributed by atoms with Gasteiger partial charge in [-0.05, 0) is 35.4 Å². The number of ether oxygens (including phenoxy) is 1. The van der Waals surface area contributed by atoms with Crippen LogP contribution in [0.2, 0.25) is 0 Å². The summed E-state index contributed by atoms with van der Waals surface area (Å²) >= 11 is 0. The molecule has 0 radical (unpaired) electrons. The molecule has 36 heavy (non-hydrogen) atoms. The number of fused-ring (bicyclic) bond motifs is 1. The smallest absolute Gasteiger partial charge is 0.428 e. The van der Waals surface area contributed by atoms with E-state index in [4.69, 9.17) is 0 Å². The van der Waals surface area contributed by atoms with E-state index >= 15 is 0 Å². The van der Waals surface area contributed by atoms with Gasteiger partial charge in [0.2, 0.25) is 0 Å². The number of allylic oxidation sites excluding steroid dienone is 2. The molecule has 3 rings (SSSR count). The van der Waals surface area contributed by atoms with Gasteiger partial charge in [0.15, 0.2) is 0 Å². The number of benzene rings is 2. The molecule has 0 aliphatic carbocycles. The fraction of sp³-hybridized carbons (Fsp3) is 0.308. The largest absolute Gasteiger partial charge is 0.461 e. The van der Waals surface area contributed by atoms with Gasteiger partial charge < -0.3 is 14.5 Å². The minimum absolute atomic E-state index is 0.163. The van der Waals surface area contributed by atoms with Crippen LogP contribution in [0, 0.1) is 0 Å². The lowest BCUT2D eigenvalue weighted by Gasteiger charge is -2.45. The molecular formula is C26H25F7N2O. The highest BCUT2D eigenvalue weighted by Crippen LogP contribution is 2.39. The van der Waals surface area contributed by atoms with E-state index in [1.165, 1.54) is 18.2 Å². The predicted octanol–water partition coefficient (Wildman–Crippen LogP) is 7.37. The SMILES string of the molecule is C=C/C=C(\C=C)[C@@H]1CN(Cc2cccc(OC(F)(F)C(F)F)c2)c2ccccc2N1CCC(F)(F)F. The van der Waals surface area contributed by atoms with Gasteiger partial charge in [0.1, 0.15) is 5.75 Å². The standard InChI is InChI=1S/C26H25F7N2O/c1-3-8-19(4-2)23-17-34(16-18-9-7-10-20(15-18)36-26(32,33)24(27)28)21-11-5-6-12-22(21)35(23)14-13-25(29,30)31/h3-12,15,23-24H,1-2,13-14,16-17H2/b19-8+/t23-/m0/s1. The highest BCUT2D eigenvalue weighted by Gasteiger charge is 2.44. The van der Waals surface area contributed by atoms with Crippen LogP contribution in [-0.2, 0) is 6.54 Å². The Morgan fingerprint density at radius 1 is 1.03 bits per heavy atom. The molecule has 1 atom stereocenters. The zero-order valence-corrected chi connectivity index (χ0v) is 19.2. The monoisotopic (exact) mass is 514 g/mol. The number of para-hydroxylation sites is 2. The average molecular weight is 514 g/mol. The van der Waals surface area contributed by atoms with Gasteiger partial charge in [-0.2, -0.15) is 30.7 Å². The molecule has 1 aliphatic rings. The first-order valence-electron chi connectivity index (χ1n) is 11.0. The maximum atomic E-state index is 13.4. The summed E-state index contributed by atoms with van der Waals surface area (Å²) in [4.78, 5) is 3.55. The van der Waals surface area contributed by atoms with Crippen molar-refractivity contribution in [3.63, 3.8) is 0 Å². The number of hydrogen-bond donors (Lipinski definition) is 0. The molecule has 1 aliphatic heterocycles. The van der Waals surface area contributed by atoms with Gasteiger partial charge in [0, 0.05) is 19.6 Å². The summed E-state index contributed by atoms with van der Waals surface area (Å²) in [5, 5.41) is 0. The quantitative estimate of drug-likeness (QED) is 0.243. The van der Waals surface area contributed by atoms with Gasteiger partial charge in [0.25, 0.3) is 0 Å². The normalized spacial score (nSPS) is 16.7. The van der Waals surface area contributed by atoms with E-state index in [-0.39, 0.29) is 19.6 Å². The summed E-state index contributed by atoms with van der Waals surface area (Å²) in [6.45, 7) is 7.59. The van der Waals surface area contributed by atoms with Crippen molar-refractivity contribution in [2.45, 2.75) is 37.7 Å². The van der Waals surface area contributed by atoms with Gasteiger partial charge >= 0.3 is 18.7 Å². The van der Waals surface area contributed by atoms with Crippen molar-refractivity contribution in [2.24, 2.45) is 0 Å². The van der Waals surface area contributed by atoms with Crippen LogP contribution in [0.3, 0.4) is 0 Å². The Labute approximate surface area is 204 Å². The number of hydrogen-bond acceptors (Lipinski definition) is 3. The fourth-order valence-corrected chi connectivity index (χ4v) is 4.09. The molecular weight excluding hydrogens is 489 g/mol. The molecule has 194 valence electrons. The third-order valence-electron chi connectivity index (χ3n) is 5.65. The maximum Gasteiger partial charge on any atom is 0.461 e. The second-order valence-corrected chi connectivity index (χ2v) is 8.16. The number of nitrogens with zero attached hydrogens (tertiary/aromatic N) is 2. The topological polar surface area (TPSA) is 15.7 Å². The Morgan fingerprint density at radius 3 is 2.33 bits per heavy atom. The van der Waals surface area contributed by atoms with Crippen molar-refractivity contribution in [1.29, 1.82) is 0 Å². The van der Waals surface area contributed by atoms with Crippen LogP contribution >= 0.6 is 0 Å². The first kappa shape index (κ1) is 27.2. The van der Waals surface area contributed by atoms with E-state index in [9.17, 15) is 30.7 Å². The number of alkyl halides is 7. The van der Waals surface area contributed by atoms with Crippen LogP contribution in [0.4, 0.5) is 42.1 Å². The number of rotatable bonds is 10. The van der Waals surface area contributed by atoms with Crippen molar-refractivity contribution >= 4 is 11.4 Å². The van der Waals surface area contributed by atoms with Crippen molar-refractivity contribution < 1.29 is 35.5 Å². The van der Waals surface area contributed by atoms with Crippen LogP contribution in [0.25, 0.3) is 0 Å². The van der Waals surface area contributed by atoms with Gasteiger partial charge in [-0.3, -0.25) is 0 Å². The summed E-state index contributed by atoms with van der Waals surface area (Å²) in [6, 6.07) is 11.8. The fourth-order valence-electron chi connectivity index (χ4n) is 4.09. The predicted molar refractivity (Wildman–Crippen MR) is 126 cm³/mol. The van der Waals surface area contributed by atoms with Gasteiger partial charge in [-0.1, -0.05) is 55.7 Å². The van der Waals surface area contributed by atoms with Crippen molar-refractivity contribution in [2.75, 3.05) is 22.9 Å². The van der Waals surface area contributed by atoms with E-state index in [0.29, 0.717) is 22.5 Å². The van der Waals surface area contributed by atoms with Crippen LogP contribution in [-0.4, -0.2) is 37.8 Å². The van der Waals surface area contributed by atoms with Crippen molar-refractivity contribution in [3.8, 4) is 5.75 Å². The Hall–Kier alpha value is -3.43. The zero-order chi connectivity index (χ0) is 26.5. The van der Waals surface area contributed by atoms with E-state index in [0.717, 1.165) is 6.07 Å². The molecule has 1 heterocycles. The molecule has 0 spiro atoms. The molecule has 0 unspecified atom stereocenters. The minimum Gasteiger partial charge on any atom is -0.428 e. The molecule has 0 amide bonds. The molecule has 0 aromatic heterocycles. The lowest BCUT2D eigenvalue weighted by molar-refractivity contribution is -0.253. The second kappa shape index (κ2) is 11.1. The minimum atomic E-state index is -4.64. The molecule has 0 fully saturated rings. The third kappa shape index (κ3) is 6.61. The lowest BCUT2D eigenvalue weighted by atomic mass is 9.98. The first-order valence-corrected chi connectivity index (χ1v) is 11.0. The van der Waals surface area contributed by atoms with E-state index in [1.807, 2.05) is 4.90 Å². The number of halogens is 7. The molecule has 2 aromatic rings. The maximum absolute atomic E-state index is 13.4. The summed E-state index contributed by atoms with van der Waals surface area (Å²) in [6.07, 6.45) is -9.26. The van der Waals surface area contributed by atoms with Crippen LogP contribution in [0.1, 0.15) is 12.0 Å². The van der Waals surface area contributed by atoms with Crippen LogP contribution in [0.5, 0.6) is 5.75 Å². The molecule has 0 bridgehead atoms. The lowest BCUT2D eigenvalue weighted by Crippen LogP contribution is -2.50. The van der Waals surface area contributed by atoms with Crippen molar-refractivity contribution in [1.82, 2.24) is 0 Å². The Kier molecular flexibility index (Phi) is 8.37. The highest BCUT2D eigenvalue weighted by molar-refractivity contribution is 5.75. The Balaban J connectivity index is 1.97. The molecule has 0 N–H and O–H groups in total. The van der Waals surface area contributed by atoms with Crippen LogP contribution in [0.15, 0.2) is 85.5 Å². The molecule has 2 aromatic carbocycles. The zero-order valence-electron chi connectivity index (χ0n) is 19.2. The van der Waals surface area contributed by atoms with Gasteiger partial charge in [0.05, 0.1) is 23.8 Å². The highest BCUT2D eigenvalue weighted by atomic mass is 19.4. The van der Waals surface area contributed by atoms with Crippen molar-refractivity contribution in [3.05, 3.63) is 91.1 Å².